The van der Waals surface area contributed by atoms with Gasteiger partial charge in [-0.2, -0.15) is 0 Å². The summed E-state index contributed by atoms with van der Waals surface area (Å²) in [6.45, 7) is 2.23. The molecule has 1 heteroatoms. The Balaban J connectivity index is 1.56. The Morgan fingerprint density at radius 3 is 1.75 bits per heavy atom. The van der Waals surface area contributed by atoms with Crippen LogP contribution in [0.4, 0.5) is 17.1 Å². The SMILES string of the molecule is Cc1ccc2c(c1)C1(CCCCC1)c1cc(N(c3ccccc3)c3ccccc3)ccc1-2. The second-order valence-corrected chi connectivity index (χ2v) is 9.43. The molecular formula is C31H29N. The van der Waals surface area contributed by atoms with Crippen molar-refractivity contribution in [3.8, 4) is 11.1 Å². The minimum atomic E-state index is 0.171. The lowest BCUT2D eigenvalue weighted by molar-refractivity contribution is 0.353. The van der Waals surface area contributed by atoms with Gasteiger partial charge in [0.05, 0.1) is 0 Å². The maximum Gasteiger partial charge on any atom is 0.0465 e. The zero-order valence-corrected chi connectivity index (χ0v) is 18.7. The molecular weight excluding hydrogens is 386 g/mol. The van der Waals surface area contributed by atoms with E-state index in [2.05, 4.69) is 109 Å². The normalized spacial score (nSPS) is 15.9. The number of anilines is 3. The summed E-state index contributed by atoms with van der Waals surface area (Å²) < 4.78 is 0. The van der Waals surface area contributed by atoms with Crippen molar-refractivity contribution < 1.29 is 0 Å². The first-order valence-electron chi connectivity index (χ1n) is 11.9. The maximum atomic E-state index is 2.50. The number of hydrogen-bond donors (Lipinski definition) is 0. The van der Waals surface area contributed by atoms with Gasteiger partial charge in [-0.25, -0.2) is 0 Å². The molecule has 1 spiro atoms. The van der Waals surface area contributed by atoms with E-state index in [0.717, 1.165) is 0 Å². The lowest BCUT2D eigenvalue weighted by Crippen LogP contribution is -2.28. The average Bonchev–Trinajstić information content (AvgIpc) is 3.09. The largest absolute Gasteiger partial charge is 0.310 e. The van der Waals surface area contributed by atoms with Crippen LogP contribution in [0.15, 0.2) is 97.1 Å². The highest BCUT2D eigenvalue weighted by Gasteiger charge is 2.44. The van der Waals surface area contributed by atoms with Crippen molar-refractivity contribution >= 4 is 17.1 Å². The summed E-state index contributed by atoms with van der Waals surface area (Å²) in [5, 5.41) is 0. The number of rotatable bonds is 3. The van der Waals surface area contributed by atoms with E-state index in [9.17, 15) is 0 Å². The highest BCUT2D eigenvalue weighted by atomic mass is 15.1. The number of nitrogens with zero attached hydrogens (tertiary/aromatic N) is 1. The molecule has 2 aliphatic rings. The average molecular weight is 416 g/mol. The van der Waals surface area contributed by atoms with Gasteiger partial charge in [-0.15, -0.1) is 0 Å². The van der Waals surface area contributed by atoms with Crippen LogP contribution in [0.2, 0.25) is 0 Å². The summed E-state index contributed by atoms with van der Waals surface area (Å²) in [7, 11) is 0. The van der Waals surface area contributed by atoms with Crippen LogP contribution in [-0.4, -0.2) is 0 Å². The van der Waals surface area contributed by atoms with E-state index < -0.39 is 0 Å². The minimum Gasteiger partial charge on any atom is -0.310 e. The monoisotopic (exact) mass is 415 g/mol. The van der Waals surface area contributed by atoms with Crippen molar-refractivity contribution in [1.82, 2.24) is 0 Å². The fourth-order valence-corrected chi connectivity index (χ4v) is 6.03. The van der Waals surface area contributed by atoms with Crippen molar-refractivity contribution in [2.24, 2.45) is 0 Å². The van der Waals surface area contributed by atoms with Gasteiger partial charge >= 0.3 is 0 Å². The summed E-state index contributed by atoms with van der Waals surface area (Å²) in [6, 6.07) is 35.8. The molecule has 0 N–H and O–H groups in total. The summed E-state index contributed by atoms with van der Waals surface area (Å²) in [5.41, 5.74) is 11.2. The highest BCUT2D eigenvalue weighted by Crippen LogP contribution is 2.57. The van der Waals surface area contributed by atoms with Crippen LogP contribution >= 0.6 is 0 Å². The summed E-state index contributed by atoms with van der Waals surface area (Å²) >= 11 is 0. The van der Waals surface area contributed by atoms with Crippen LogP contribution in [0.1, 0.15) is 48.8 Å². The molecule has 0 atom stereocenters. The second kappa shape index (κ2) is 7.67. The zero-order valence-electron chi connectivity index (χ0n) is 18.7. The number of aryl methyl sites for hydroxylation is 1. The molecule has 158 valence electrons. The molecule has 0 radical (unpaired) electrons. The van der Waals surface area contributed by atoms with Gasteiger partial charge in [0.1, 0.15) is 0 Å². The summed E-state index contributed by atoms with van der Waals surface area (Å²) in [4.78, 5) is 2.39. The smallest absolute Gasteiger partial charge is 0.0465 e. The van der Waals surface area contributed by atoms with Gasteiger partial charge in [0.25, 0.3) is 0 Å². The molecule has 0 heterocycles. The molecule has 0 bridgehead atoms. The molecule has 0 aliphatic heterocycles. The fraction of sp³-hybridized carbons (Fsp3) is 0.226. The Morgan fingerprint density at radius 2 is 1.12 bits per heavy atom. The van der Waals surface area contributed by atoms with Gasteiger partial charge in [-0.3, -0.25) is 0 Å². The van der Waals surface area contributed by atoms with E-state index >= 15 is 0 Å². The van der Waals surface area contributed by atoms with Gasteiger partial charge in [0.2, 0.25) is 0 Å². The third-order valence-electron chi connectivity index (χ3n) is 7.49. The topological polar surface area (TPSA) is 3.24 Å². The van der Waals surface area contributed by atoms with Crippen LogP contribution in [0.3, 0.4) is 0 Å². The number of hydrogen-bond acceptors (Lipinski definition) is 1. The van der Waals surface area contributed by atoms with Crippen LogP contribution in [0.25, 0.3) is 11.1 Å². The van der Waals surface area contributed by atoms with Gasteiger partial charge in [0.15, 0.2) is 0 Å². The van der Waals surface area contributed by atoms with Crippen LogP contribution in [0.5, 0.6) is 0 Å². The molecule has 0 amide bonds. The summed E-state index contributed by atoms with van der Waals surface area (Å²) in [5.74, 6) is 0. The fourth-order valence-electron chi connectivity index (χ4n) is 6.03. The first-order chi connectivity index (χ1) is 15.8. The molecule has 0 unspecified atom stereocenters. The van der Waals surface area contributed by atoms with Crippen molar-refractivity contribution in [2.75, 3.05) is 4.90 Å². The first-order valence-corrected chi connectivity index (χ1v) is 11.9. The summed E-state index contributed by atoms with van der Waals surface area (Å²) in [6.07, 6.45) is 6.52. The Morgan fingerprint density at radius 1 is 0.562 bits per heavy atom. The van der Waals surface area contributed by atoms with Crippen molar-refractivity contribution in [2.45, 2.75) is 44.4 Å². The molecule has 4 aromatic carbocycles. The standard InChI is InChI=1S/C31H29N/c1-23-15-17-27-28-18-16-26(22-30(28)31(29(27)21-23)19-9-4-10-20-31)32(24-11-5-2-6-12-24)25-13-7-3-8-14-25/h2-3,5-8,11-18,21-22H,4,9-10,19-20H2,1H3. The van der Waals surface area contributed by atoms with E-state index in [4.69, 9.17) is 0 Å². The predicted octanol–water partition coefficient (Wildman–Crippen LogP) is 8.70. The van der Waals surface area contributed by atoms with Crippen molar-refractivity contribution in [1.29, 1.82) is 0 Å². The lowest BCUT2D eigenvalue weighted by atomic mass is 9.67. The maximum absolute atomic E-state index is 2.50. The van der Waals surface area contributed by atoms with E-state index in [1.807, 2.05) is 0 Å². The number of fused-ring (bicyclic) bond motifs is 5. The molecule has 6 rings (SSSR count). The second-order valence-electron chi connectivity index (χ2n) is 9.43. The Hall–Kier alpha value is -3.32. The molecule has 1 fully saturated rings. The molecule has 1 saturated carbocycles. The Kier molecular flexibility index (Phi) is 4.64. The number of benzene rings is 4. The minimum absolute atomic E-state index is 0.171. The Labute approximate surface area is 191 Å². The predicted molar refractivity (Wildman–Crippen MR) is 135 cm³/mol. The third-order valence-corrected chi connectivity index (χ3v) is 7.49. The van der Waals surface area contributed by atoms with E-state index in [-0.39, 0.29) is 5.41 Å². The van der Waals surface area contributed by atoms with Gasteiger partial charge in [-0.1, -0.05) is 85.5 Å². The van der Waals surface area contributed by atoms with Gasteiger partial charge in [0, 0.05) is 22.5 Å². The lowest BCUT2D eigenvalue weighted by Gasteiger charge is -2.36. The zero-order chi connectivity index (χ0) is 21.5. The molecule has 0 saturated heterocycles. The highest BCUT2D eigenvalue weighted by molar-refractivity contribution is 5.86. The molecule has 32 heavy (non-hydrogen) atoms. The Bertz CT molecular complexity index is 1210. The molecule has 1 nitrogen and oxygen atoms in total. The van der Waals surface area contributed by atoms with E-state index in [1.165, 1.54) is 71.4 Å². The molecule has 4 aromatic rings. The van der Waals surface area contributed by atoms with Crippen LogP contribution in [-0.2, 0) is 5.41 Å². The first kappa shape index (κ1) is 19.4. The van der Waals surface area contributed by atoms with Crippen LogP contribution < -0.4 is 4.90 Å². The molecule has 2 aliphatic carbocycles. The van der Waals surface area contributed by atoms with Gasteiger partial charge < -0.3 is 4.90 Å². The van der Waals surface area contributed by atoms with E-state index in [1.54, 1.807) is 5.56 Å². The number of para-hydroxylation sites is 2. The van der Waals surface area contributed by atoms with E-state index in [0.29, 0.717) is 0 Å². The third kappa shape index (κ3) is 2.99. The van der Waals surface area contributed by atoms with Crippen molar-refractivity contribution in [3.63, 3.8) is 0 Å². The quantitative estimate of drug-likeness (QED) is 0.323. The van der Waals surface area contributed by atoms with Crippen LogP contribution in [0, 0.1) is 6.92 Å². The molecule has 0 aromatic heterocycles. The van der Waals surface area contributed by atoms with Crippen molar-refractivity contribution in [3.05, 3.63) is 114 Å². The van der Waals surface area contributed by atoms with Gasteiger partial charge in [-0.05, 0) is 78.4 Å².